The molecule has 1 N–H and O–H groups in total. The molecule has 2 aromatic rings. The Morgan fingerprint density at radius 3 is 2.39 bits per heavy atom. The van der Waals surface area contributed by atoms with Crippen LogP contribution < -0.4 is 4.74 Å². The maximum absolute atomic E-state index is 13.2. The number of hydrogen-bond acceptors (Lipinski definition) is 4. The summed E-state index contributed by atoms with van der Waals surface area (Å²) in [6.45, 7) is 0. The van der Waals surface area contributed by atoms with Gasteiger partial charge in [-0.1, -0.05) is 42.5 Å². The highest BCUT2D eigenvalue weighted by Gasteiger charge is 2.52. The minimum absolute atomic E-state index is 0.0862. The van der Waals surface area contributed by atoms with Crippen molar-refractivity contribution in [3.63, 3.8) is 0 Å². The number of rotatable bonds is 5. The highest BCUT2D eigenvalue weighted by atomic mass is 19.4. The van der Waals surface area contributed by atoms with Gasteiger partial charge in [-0.15, -0.1) is 0 Å². The van der Waals surface area contributed by atoms with Crippen molar-refractivity contribution in [2.75, 3.05) is 7.11 Å². The van der Waals surface area contributed by atoms with Gasteiger partial charge in [-0.25, -0.2) is 0 Å². The van der Waals surface area contributed by atoms with E-state index in [1.165, 1.54) is 31.4 Å². The molecule has 0 saturated heterocycles. The van der Waals surface area contributed by atoms with Crippen LogP contribution in [0.4, 0.5) is 13.2 Å². The van der Waals surface area contributed by atoms with E-state index in [0.717, 1.165) is 5.56 Å². The number of halogens is 3. The van der Waals surface area contributed by atoms with Gasteiger partial charge in [-0.2, -0.15) is 23.3 Å². The predicted octanol–water partition coefficient (Wildman–Crippen LogP) is 3.62. The molecule has 1 heterocycles. The molecule has 1 aliphatic rings. The number of aliphatic hydroxyl groups is 1. The summed E-state index contributed by atoms with van der Waals surface area (Å²) in [5.74, 6) is -0.217. The van der Waals surface area contributed by atoms with E-state index in [-0.39, 0.29) is 12.0 Å². The van der Waals surface area contributed by atoms with Crippen LogP contribution in [-0.2, 0) is 16.9 Å². The van der Waals surface area contributed by atoms with Crippen LogP contribution in [0.5, 0.6) is 5.75 Å². The normalized spacial score (nSPS) is 19.5. The summed E-state index contributed by atoms with van der Waals surface area (Å²) in [6.07, 6.45) is -5.34. The van der Waals surface area contributed by atoms with E-state index in [1.807, 2.05) is 30.3 Å². The van der Waals surface area contributed by atoms with Crippen molar-refractivity contribution in [1.82, 2.24) is 5.01 Å². The fourth-order valence-electron chi connectivity index (χ4n) is 3.05. The Labute approximate surface area is 160 Å². The summed E-state index contributed by atoms with van der Waals surface area (Å²) in [4.78, 5) is 12.7. The number of nitrogens with zero attached hydrogens (tertiary/aromatic N) is 2. The first-order valence-corrected chi connectivity index (χ1v) is 8.62. The third-order valence-electron chi connectivity index (χ3n) is 4.57. The Bertz CT molecular complexity index is 867. The van der Waals surface area contributed by atoms with Gasteiger partial charge in [0.1, 0.15) is 11.5 Å². The van der Waals surface area contributed by atoms with Crippen molar-refractivity contribution in [3.05, 3.63) is 65.7 Å². The van der Waals surface area contributed by atoms with Crippen molar-refractivity contribution in [2.45, 2.75) is 31.2 Å². The second-order valence-corrected chi connectivity index (χ2v) is 6.46. The molecule has 0 saturated carbocycles. The van der Waals surface area contributed by atoms with Crippen LogP contribution in [-0.4, -0.2) is 35.0 Å². The van der Waals surface area contributed by atoms with Crippen LogP contribution in [0.2, 0.25) is 0 Å². The smallest absolute Gasteiger partial charge is 0.431 e. The van der Waals surface area contributed by atoms with E-state index >= 15 is 0 Å². The fraction of sp³-hybridized carbons (Fsp3) is 0.300. The minimum Gasteiger partial charge on any atom is -0.497 e. The minimum atomic E-state index is -4.74. The molecule has 5 nitrogen and oxygen atoms in total. The molecule has 0 bridgehead atoms. The number of carbonyl (C=O) groups is 1. The number of carbonyl (C=O) groups excluding carboxylic acids is 1. The molecular formula is C20H19F3N2O3. The summed E-state index contributed by atoms with van der Waals surface area (Å²) in [5.41, 5.74) is -2.41. The number of ether oxygens (including phenoxy) is 1. The monoisotopic (exact) mass is 392 g/mol. The van der Waals surface area contributed by atoms with Gasteiger partial charge in [0.05, 0.1) is 13.5 Å². The van der Waals surface area contributed by atoms with Crippen molar-refractivity contribution in [1.29, 1.82) is 0 Å². The Morgan fingerprint density at radius 1 is 1.18 bits per heavy atom. The first kappa shape index (κ1) is 19.9. The molecule has 0 radical (unpaired) electrons. The predicted molar refractivity (Wildman–Crippen MR) is 96.6 cm³/mol. The van der Waals surface area contributed by atoms with Gasteiger partial charge < -0.3 is 9.84 Å². The summed E-state index contributed by atoms with van der Waals surface area (Å²) in [7, 11) is 1.45. The molecule has 28 heavy (non-hydrogen) atoms. The van der Waals surface area contributed by atoms with Gasteiger partial charge in [-0.3, -0.25) is 4.79 Å². The van der Waals surface area contributed by atoms with Crippen LogP contribution in [0.1, 0.15) is 24.0 Å². The number of methoxy groups -OCH3 is 1. The van der Waals surface area contributed by atoms with Gasteiger partial charge >= 0.3 is 6.18 Å². The van der Waals surface area contributed by atoms with Crippen molar-refractivity contribution in [2.24, 2.45) is 5.10 Å². The Balaban J connectivity index is 1.88. The highest BCUT2D eigenvalue weighted by molar-refractivity contribution is 5.94. The number of amides is 1. The standard InChI is InChI=1S/C20H19F3N2O3/c1-28-16-10-8-15(9-11-16)19(27)13-17(20(21,22)23)24-25(19)18(26)12-7-14-5-3-2-4-6-14/h2-6,8-11,27H,7,12-13H2,1H3. The zero-order valence-corrected chi connectivity index (χ0v) is 15.1. The third kappa shape index (κ3) is 4.01. The first-order chi connectivity index (χ1) is 13.2. The first-order valence-electron chi connectivity index (χ1n) is 8.62. The Hall–Kier alpha value is -2.87. The molecule has 3 rings (SSSR count). The largest absolute Gasteiger partial charge is 0.497 e. The maximum Gasteiger partial charge on any atom is 0.431 e. The molecule has 1 atom stereocenters. The number of hydrazone groups is 1. The fourth-order valence-corrected chi connectivity index (χ4v) is 3.05. The lowest BCUT2D eigenvalue weighted by molar-refractivity contribution is -0.157. The zero-order valence-electron chi connectivity index (χ0n) is 15.1. The second-order valence-electron chi connectivity index (χ2n) is 6.46. The zero-order chi connectivity index (χ0) is 20.4. The molecule has 148 valence electrons. The van der Waals surface area contributed by atoms with Crippen LogP contribution in [0.25, 0.3) is 0 Å². The van der Waals surface area contributed by atoms with Gasteiger partial charge in [0, 0.05) is 12.0 Å². The third-order valence-corrected chi connectivity index (χ3v) is 4.57. The maximum atomic E-state index is 13.2. The molecule has 8 heteroatoms. The van der Waals surface area contributed by atoms with Crippen LogP contribution in [0.3, 0.4) is 0 Å². The van der Waals surface area contributed by atoms with Crippen LogP contribution >= 0.6 is 0 Å². The molecule has 0 fully saturated rings. The summed E-state index contributed by atoms with van der Waals surface area (Å²) in [6, 6.07) is 14.9. The number of alkyl halides is 3. The number of aryl methyl sites for hydroxylation is 1. The second kappa shape index (κ2) is 7.63. The van der Waals surface area contributed by atoms with Crippen LogP contribution in [0.15, 0.2) is 59.7 Å². The quantitative estimate of drug-likeness (QED) is 0.845. The molecule has 0 spiro atoms. The van der Waals surface area contributed by atoms with Gasteiger partial charge in [0.2, 0.25) is 5.91 Å². The average molecular weight is 392 g/mol. The van der Waals surface area contributed by atoms with Gasteiger partial charge in [0.25, 0.3) is 0 Å². The summed E-state index contributed by atoms with van der Waals surface area (Å²) >= 11 is 0. The van der Waals surface area contributed by atoms with Gasteiger partial charge in [0.15, 0.2) is 5.72 Å². The van der Waals surface area contributed by atoms with Crippen molar-refractivity contribution >= 4 is 11.6 Å². The average Bonchev–Trinajstić information content (AvgIpc) is 3.06. The Kier molecular flexibility index (Phi) is 5.42. The van der Waals surface area contributed by atoms with E-state index in [2.05, 4.69) is 5.10 Å². The lowest BCUT2D eigenvalue weighted by Crippen LogP contribution is -2.43. The summed E-state index contributed by atoms with van der Waals surface area (Å²) in [5, 5.41) is 15.0. The highest BCUT2D eigenvalue weighted by Crippen LogP contribution is 2.40. The van der Waals surface area contributed by atoms with E-state index in [0.29, 0.717) is 17.2 Å². The van der Waals surface area contributed by atoms with E-state index in [9.17, 15) is 23.1 Å². The molecule has 1 unspecified atom stereocenters. The lowest BCUT2D eigenvalue weighted by Gasteiger charge is -2.31. The molecule has 2 aromatic carbocycles. The topological polar surface area (TPSA) is 62.1 Å². The molecule has 0 aromatic heterocycles. The van der Waals surface area contributed by atoms with E-state index in [4.69, 9.17) is 4.74 Å². The molecule has 1 amide bonds. The summed E-state index contributed by atoms with van der Waals surface area (Å²) < 4.78 is 44.7. The van der Waals surface area contributed by atoms with E-state index in [1.54, 1.807) is 0 Å². The molecular weight excluding hydrogens is 373 g/mol. The van der Waals surface area contributed by atoms with Gasteiger partial charge in [-0.05, 0) is 24.1 Å². The SMILES string of the molecule is COc1ccc(C2(O)CC(C(F)(F)F)=NN2C(=O)CCc2ccccc2)cc1. The van der Waals surface area contributed by atoms with E-state index < -0.39 is 29.9 Å². The number of hydrogen-bond donors (Lipinski definition) is 1. The lowest BCUT2D eigenvalue weighted by atomic mass is 9.96. The Morgan fingerprint density at radius 2 is 1.82 bits per heavy atom. The van der Waals surface area contributed by atoms with Crippen molar-refractivity contribution in [3.8, 4) is 5.75 Å². The molecule has 0 aliphatic carbocycles. The van der Waals surface area contributed by atoms with Crippen LogP contribution in [0, 0.1) is 0 Å². The number of benzene rings is 2. The molecule has 1 aliphatic heterocycles. The van der Waals surface area contributed by atoms with Crippen molar-refractivity contribution < 1.29 is 27.8 Å².